The highest BCUT2D eigenvalue weighted by Crippen LogP contribution is 2.17. The zero-order chi connectivity index (χ0) is 12.3. The average Bonchev–Trinajstić information content (AvgIpc) is 2.39. The minimum Gasteiger partial charge on any atom is -0.353 e. The first-order valence-electron chi connectivity index (χ1n) is 6.21. The number of rotatable bonds is 3. The van der Waals surface area contributed by atoms with E-state index < -0.39 is 0 Å². The predicted molar refractivity (Wildman–Crippen MR) is 68.8 cm³/mol. The van der Waals surface area contributed by atoms with Gasteiger partial charge in [-0.25, -0.2) is 4.98 Å². The molecule has 2 heterocycles. The van der Waals surface area contributed by atoms with Crippen LogP contribution >= 0.6 is 0 Å². The first kappa shape index (κ1) is 12.3. The number of piperazine rings is 1. The first-order chi connectivity index (χ1) is 8.22. The molecule has 0 spiro atoms. The van der Waals surface area contributed by atoms with Crippen LogP contribution in [0.25, 0.3) is 0 Å². The number of nitrogens with two attached hydrogens (primary N) is 1. The molecule has 1 aromatic rings. The molecule has 0 amide bonds. The number of hydrogen-bond acceptors (Lipinski definition) is 5. The van der Waals surface area contributed by atoms with Gasteiger partial charge in [0, 0.05) is 51.2 Å². The Labute approximate surface area is 103 Å². The lowest BCUT2D eigenvalue weighted by Crippen LogP contribution is -2.49. The van der Waals surface area contributed by atoms with Crippen LogP contribution in [0.15, 0.2) is 12.4 Å². The highest BCUT2D eigenvalue weighted by molar-refractivity contribution is 5.43. The summed E-state index contributed by atoms with van der Waals surface area (Å²) in [5.41, 5.74) is 6.59. The molecule has 0 bridgehead atoms. The van der Waals surface area contributed by atoms with E-state index in [1.54, 1.807) is 12.4 Å². The van der Waals surface area contributed by atoms with Crippen molar-refractivity contribution in [1.82, 2.24) is 14.9 Å². The summed E-state index contributed by atoms with van der Waals surface area (Å²) in [4.78, 5) is 13.5. The number of anilines is 1. The molecular formula is C12H21N5. The van der Waals surface area contributed by atoms with Gasteiger partial charge in [-0.1, -0.05) is 0 Å². The second kappa shape index (κ2) is 5.42. The molecule has 94 valence electrons. The van der Waals surface area contributed by atoms with Crippen molar-refractivity contribution in [2.75, 3.05) is 31.1 Å². The molecule has 1 aromatic heterocycles. The molecule has 1 aliphatic heterocycles. The lowest BCUT2D eigenvalue weighted by Gasteiger charge is -2.37. The van der Waals surface area contributed by atoms with E-state index in [0.29, 0.717) is 12.6 Å². The van der Waals surface area contributed by atoms with E-state index in [9.17, 15) is 0 Å². The van der Waals surface area contributed by atoms with Crippen molar-refractivity contribution in [3.63, 3.8) is 0 Å². The average molecular weight is 235 g/mol. The van der Waals surface area contributed by atoms with Gasteiger partial charge < -0.3 is 10.6 Å². The van der Waals surface area contributed by atoms with E-state index in [-0.39, 0.29) is 0 Å². The third-order valence-corrected chi connectivity index (χ3v) is 3.29. The van der Waals surface area contributed by atoms with Crippen LogP contribution in [0, 0.1) is 0 Å². The van der Waals surface area contributed by atoms with E-state index >= 15 is 0 Å². The SMILES string of the molecule is CC(C)N1CCN(c2nccnc2CN)CC1. The summed E-state index contributed by atoms with van der Waals surface area (Å²) >= 11 is 0. The van der Waals surface area contributed by atoms with Gasteiger partial charge in [0.05, 0.1) is 5.69 Å². The molecule has 0 aliphatic carbocycles. The topological polar surface area (TPSA) is 58.3 Å². The largest absolute Gasteiger partial charge is 0.353 e. The Bertz CT molecular complexity index is 358. The minimum atomic E-state index is 0.452. The Morgan fingerprint density at radius 3 is 2.41 bits per heavy atom. The molecular weight excluding hydrogens is 214 g/mol. The van der Waals surface area contributed by atoms with Crippen molar-refractivity contribution < 1.29 is 0 Å². The molecule has 2 rings (SSSR count). The molecule has 2 N–H and O–H groups in total. The van der Waals surface area contributed by atoms with E-state index in [4.69, 9.17) is 5.73 Å². The summed E-state index contributed by atoms with van der Waals surface area (Å²) in [6, 6.07) is 0.619. The van der Waals surface area contributed by atoms with Crippen molar-refractivity contribution in [1.29, 1.82) is 0 Å². The molecule has 5 heteroatoms. The summed E-state index contributed by atoms with van der Waals surface area (Å²) in [6.07, 6.45) is 3.44. The fourth-order valence-corrected chi connectivity index (χ4v) is 2.22. The van der Waals surface area contributed by atoms with Crippen molar-refractivity contribution in [3.8, 4) is 0 Å². The zero-order valence-electron chi connectivity index (χ0n) is 10.6. The van der Waals surface area contributed by atoms with Gasteiger partial charge in [-0.05, 0) is 13.8 Å². The van der Waals surface area contributed by atoms with Crippen LogP contribution < -0.4 is 10.6 Å². The van der Waals surface area contributed by atoms with Crippen LogP contribution in [-0.4, -0.2) is 47.1 Å². The van der Waals surface area contributed by atoms with E-state index in [2.05, 4.69) is 33.6 Å². The van der Waals surface area contributed by atoms with Gasteiger partial charge in [0.1, 0.15) is 0 Å². The van der Waals surface area contributed by atoms with Crippen molar-refractivity contribution in [2.24, 2.45) is 5.73 Å². The van der Waals surface area contributed by atoms with Crippen LogP contribution in [0.1, 0.15) is 19.5 Å². The monoisotopic (exact) mass is 235 g/mol. The Morgan fingerprint density at radius 2 is 1.82 bits per heavy atom. The second-order valence-electron chi connectivity index (χ2n) is 4.65. The maximum absolute atomic E-state index is 5.69. The molecule has 5 nitrogen and oxygen atoms in total. The number of hydrogen-bond donors (Lipinski definition) is 1. The smallest absolute Gasteiger partial charge is 0.151 e. The Morgan fingerprint density at radius 1 is 1.18 bits per heavy atom. The molecule has 0 atom stereocenters. The summed E-state index contributed by atoms with van der Waals surface area (Å²) in [6.45, 7) is 9.10. The molecule has 1 aliphatic rings. The van der Waals surface area contributed by atoms with Crippen LogP contribution in [0.4, 0.5) is 5.82 Å². The number of aromatic nitrogens is 2. The van der Waals surface area contributed by atoms with Gasteiger partial charge in [0.2, 0.25) is 0 Å². The van der Waals surface area contributed by atoms with Gasteiger partial charge in [-0.15, -0.1) is 0 Å². The standard InChI is InChI=1S/C12H21N5/c1-10(2)16-5-7-17(8-6-16)12-11(9-13)14-3-4-15-12/h3-4,10H,5-9,13H2,1-2H3. The van der Waals surface area contributed by atoms with E-state index in [1.807, 2.05) is 0 Å². The predicted octanol–water partition coefficient (Wildman–Crippen LogP) is 0.466. The van der Waals surface area contributed by atoms with Crippen molar-refractivity contribution in [3.05, 3.63) is 18.1 Å². The van der Waals surface area contributed by atoms with Crippen LogP contribution in [0.5, 0.6) is 0 Å². The van der Waals surface area contributed by atoms with Gasteiger partial charge in [-0.3, -0.25) is 9.88 Å². The fourth-order valence-electron chi connectivity index (χ4n) is 2.22. The quantitative estimate of drug-likeness (QED) is 0.825. The van der Waals surface area contributed by atoms with Gasteiger partial charge >= 0.3 is 0 Å². The normalized spacial score (nSPS) is 17.8. The first-order valence-corrected chi connectivity index (χ1v) is 6.21. The maximum Gasteiger partial charge on any atom is 0.151 e. The summed E-state index contributed by atoms with van der Waals surface area (Å²) in [5, 5.41) is 0. The van der Waals surface area contributed by atoms with E-state index in [0.717, 1.165) is 37.7 Å². The lowest BCUT2D eigenvalue weighted by atomic mass is 10.2. The molecule has 17 heavy (non-hydrogen) atoms. The second-order valence-corrected chi connectivity index (χ2v) is 4.65. The van der Waals surface area contributed by atoms with E-state index in [1.165, 1.54) is 0 Å². The fraction of sp³-hybridized carbons (Fsp3) is 0.667. The molecule has 0 saturated carbocycles. The lowest BCUT2D eigenvalue weighted by molar-refractivity contribution is 0.209. The molecule has 1 fully saturated rings. The molecule has 1 saturated heterocycles. The third kappa shape index (κ3) is 2.73. The number of nitrogens with zero attached hydrogens (tertiary/aromatic N) is 4. The molecule has 0 radical (unpaired) electrons. The Kier molecular flexibility index (Phi) is 3.91. The minimum absolute atomic E-state index is 0.452. The van der Waals surface area contributed by atoms with Crippen molar-refractivity contribution >= 4 is 5.82 Å². The van der Waals surface area contributed by atoms with Crippen LogP contribution in [-0.2, 0) is 6.54 Å². The van der Waals surface area contributed by atoms with Crippen LogP contribution in [0.2, 0.25) is 0 Å². The van der Waals surface area contributed by atoms with Gasteiger partial charge in [-0.2, -0.15) is 0 Å². The van der Waals surface area contributed by atoms with Gasteiger partial charge in [0.25, 0.3) is 0 Å². The summed E-state index contributed by atoms with van der Waals surface area (Å²) in [5.74, 6) is 0.957. The highest BCUT2D eigenvalue weighted by Gasteiger charge is 2.21. The summed E-state index contributed by atoms with van der Waals surface area (Å²) in [7, 11) is 0. The summed E-state index contributed by atoms with van der Waals surface area (Å²) < 4.78 is 0. The van der Waals surface area contributed by atoms with Crippen LogP contribution in [0.3, 0.4) is 0 Å². The van der Waals surface area contributed by atoms with Crippen molar-refractivity contribution in [2.45, 2.75) is 26.4 Å². The maximum atomic E-state index is 5.69. The Balaban J connectivity index is 2.05. The molecule has 0 unspecified atom stereocenters. The molecule has 0 aromatic carbocycles. The highest BCUT2D eigenvalue weighted by atomic mass is 15.3. The Hall–Kier alpha value is -1.20. The van der Waals surface area contributed by atoms with Gasteiger partial charge in [0.15, 0.2) is 5.82 Å². The zero-order valence-corrected chi connectivity index (χ0v) is 10.6. The third-order valence-electron chi connectivity index (χ3n) is 3.29.